The largest absolute Gasteiger partial charge is 0.316 e. The zero-order chi connectivity index (χ0) is 11.4. The van der Waals surface area contributed by atoms with Gasteiger partial charge in [-0.15, -0.1) is 0 Å². The van der Waals surface area contributed by atoms with Crippen molar-refractivity contribution in [2.45, 2.75) is 25.8 Å². The molecule has 1 fully saturated rings. The van der Waals surface area contributed by atoms with Crippen LogP contribution in [0.3, 0.4) is 0 Å². The van der Waals surface area contributed by atoms with E-state index in [1.807, 2.05) is 22.6 Å². The van der Waals surface area contributed by atoms with E-state index in [2.05, 4.69) is 10.3 Å². The summed E-state index contributed by atoms with van der Waals surface area (Å²) in [5.74, 6) is 0.707. The molecule has 0 saturated carbocycles. The van der Waals surface area contributed by atoms with E-state index in [0.29, 0.717) is 9.49 Å². The van der Waals surface area contributed by atoms with E-state index in [0.717, 1.165) is 26.1 Å². The molecule has 0 radical (unpaired) electrons. The van der Waals surface area contributed by atoms with Crippen molar-refractivity contribution >= 4 is 22.6 Å². The van der Waals surface area contributed by atoms with Crippen LogP contribution in [0.5, 0.6) is 0 Å². The van der Waals surface area contributed by atoms with Crippen molar-refractivity contribution < 1.29 is 0 Å². The summed E-state index contributed by atoms with van der Waals surface area (Å²) in [6.07, 6.45) is 6.85. The van der Waals surface area contributed by atoms with Gasteiger partial charge in [0.25, 0.3) is 5.56 Å². The average Bonchev–Trinajstić information content (AvgIpc) is 2.32. The van der Waals surface area contributed by atoms with E-state index in [9.17, 15) is 4.79 Å². The van der Waals surface area contributed by atoms with Crippen molar-refractivity contribution in [3.05, 3.63) is 26.4 Å². The lowest BCUT2D eigenvalue weighted by atomic mass is 9.96. The molecule has 1 unspecified atom stereocenters. The highest BCUT2D eigenvalue weighted by Crippen LogP contribution is 2.14. The van der Waals surface area contributed by atoms with Gasteiger partial charge in [-0.05, 0) is 60.9 Å². The van der Waals surface area contributed by atoms with Gasteiger partial charge in [0, 0.05) is 12.7 Å². The molecule has 0 amide bonds. The highest BCUT2D eigenvalue weighted by molar-refractivity contribution is 14.1. The van der Waals surface area contributed by atoms with Crippen LogP contribution in [0, 0.1) is 9.49 Å². The topological polar surface area (TPSA) is 46.9 Å². The maximum atomic E-state index is 11.7. The molecule has 1 atom stereocenters. The highest BCUT2D eigenvalue weighted by atomic mass is 127. The minimum Gasteiger partial charge on any atom is -0.316 e. The molecule has 1 aliphatic rings. The fourth-order valence-electron chi connectivity index (χ4n) is 2.08. The first-order valence-corrected chi connectivity index (χ1v) is 6.76. The fraction of sp³-hybridized carbons (Fsp3) is 0.636. The molecule has 2 heterocycles. The minimum absolute atomic E-state index is 0.0827. The van der Waals surface area contributed by atoms with Gasteiger partial charge >= 0.3 is 0 Å². The summed E-state index contributed by atoms with van der Waals surface area (Å²) < 4.78 is 2.41. The average molecular weight is 333 g/mol. The maximum absolute atomic E-state index is 11.7. The van der Waals surface area contributed by atoms with Crippen molar-refractivity contribution in [3.63, 3.8) is 0 Å². The lowest BCUT2D eigenvalue weighted by molar-refractivity contribution is 0.339. The van der Waals surface area contributed by atoms with Gasteiger partial charge in [-0.1, -0.05) is 0 Å². The number of nitrogens with one attached hydrogen (secondary N) is 1. The molecule has 1 aromatic heterocycles. The third-order valence-corrected chi connectivity index (χ3v) is 3.78. The van der Waals surface area contributed by atoms with Gasteiger partial charge < -0.3 is 5.32 Å². The van der Waals surface area contributed by atoms with Crippen molar-refractivity contribution in [2.24, 2.45) is 5.92 Å². The predicted octanol–water partition coefficient (Wildman–Crippen LogP) is 1.24. The van der Waals surface area contributed by atoms with Gasteiger partial charge in [0.05, 0.1) is 9.90 Å². The van der Waals surface area contributed by atoms with Crippen molar-refractivity contribution in [1.82, 2.24) is 14.9 Å². The number of hydrogen-bond donors (Lipinski definition) is 1. The number of hydrogen-bond acceptors (Lipinski definition) is 3. The quantitative estimate of drug-likeness (QED) is 0.847. The Balaban J connectivity index is 1.94. The van der Waals surface area contributed by atoms with Crippen LogP contribution in [0.1, 0.15) is 19.3 Å². The van der Waals surface area contributed by atoms with Crippen LogP contribution in [-0.4, -0.2) is 22.6 Å². The van der Waals surface area contributed by atoms with Crippen LogP contribution >= 0.6 is 22.6 Å². The Bertz CT molecular complexity index is 398. The number of halogens is 1. The summed E-state index contributed by atoms with van der Waals surface area (Å²) in [5, 5.41) is 3.39. The molecular weight excluding hydrogens is 317 g/mol. The molecular formula is C11H16IN3O. The first-order chi connectivity index (χ1) is 7.77. The Hall–Kier alpha value is -0.430. The van der Waals surface area contributed by atoms with E-state index < -0.39 is 0 Å². The van der Waals surface area contributed by atoms with Crippen molar-refractivity contribution in [2.75, 3.05) is 13.1 Å². The summed E-state index contributed by atoms with van der Waals surface area (Å²) in [4.78, 5) is 15.8. The Morgan fingerprint density at radius 1 is 1.62 bits per heavy atom. The van der Waals surface area contributed by atoms with Crippen LogP contribution < -0.4 is 10.9 Å². The third kappa shape index (κ3) is 3.04. The van der Waals surface area contributed by atoms with E-state index in [4.69, 9.17) is 0 Å². The lowest BCUT2D eigenvalue weighted by Gasteiger charge is -2.22. The van der Waals surface area contributed by atoms with Crippen LogP contribution in [0.25, 0.3) is 0 Å². The van der Waals surface area contributed by atoms with Crippen LogP contribution in [0.2, 0.25) is 0 Å². The standard InChI is InChI=1S/C11H16IN3O/c12-10-7-14-8-15(11(10)16)5-3-9-2-1-4-13-6-9/h7-9,13H,1-6H2. The van der Waals surface area contributed by atoms with Gasteiger partial charge in [-0.2, -0.15) is 0 Å². The molecule has 1 aromatic rings. The summed E-state index contributed by atoms with van der Waals surface area (Å²) >= 11 is 2.04. The molecule has 1 saturated heterocycles. The van der Waals surface area contributed by atoms with Crippen LogP contribution in [0.15, 0.2) is 17.3 Å². The van der Waals surface area contributed by atoms with Crippen molar-refractivity contribution in [3.8, 4) is 0 Å². The number of rotatable bonds is 3. The maximum Gasteiger partial charge on any atom is 0.266 e. The number of piperidine rings is 1. The Kier molecular flexibility index (Phi) is 4.34. The van der Waals surface area contributed by atoms with E-state index in [1.54, 1.807) is 17.1 Å². The summed E-state index contributed by atoms with van der Waals surface area (Å²) in [6, 6.07) is 0. The molecule has 4 nitrogen and oxygen atoms in total. The van der Waals surface area contributed by atoms with E-state index in [1.165, 1.54) is 12.8 Å². The molecule has 0 spiro atoms. The van der Waals surface area contributed by atoms with Gasteiger partial charge in [-0.3, -0.25) is 9.36 Å². The smallest absolute Gasteiger partial charge is 0.266 e. The second-order valence-electron chi connectivity index (χ2n) is 4.24. The summed E-state index contributed by atoms with van der Waals surface area (Å²) in [5.41, 5.74) is 0.0827. The summed E-state index contributed by atoms with van der Waals surface area (Å²) in [7, 11) is 0. The van der Waals surface area contributed by atoms with Crippen molar-refractivity contribution in [1.29, 1.82) is 0 Å². The van der Waals surface area contributed by atoms with E-state index >= 15 is 0 Å². The van der Waals surface area contributed by atoms with Gasteiger partial charge in [0.15, 0.2) is 0 Å². The Labute approximate surface area is 109 Å². The Morgan fingerprint density at radius 2 is 2.50 bits per heavy atom. The number of aromatic nitrogens is 2. The highest BCUT2D eigenvalue weighted by Gasteiger charge is 2.13. The second-order valence-corrected chi connectivity index (χ2v) is 5.40. The normalized spacial score (nSPS) is 20.9. The van der Waals surface area contributed by atoms with Gasteiger partial charge in [-0.25, -0.2) is 4.98 Å². The predicted molar refractivity (Wildman–Crippen MR) is 71.4 cm³/mol. The molecule has 0 bridgehead atoms. The van der Waals surface area contributed by atoms with Crippen LogP contribution in [0.4, 0.5) is 0 Å². The first-order valence-electron chi connectivity index (χ1n) is 5.68. The molecule has 1 aliphatic heterocycles. The number of aryl methyl sites for hydroxylation is 1. The molecule has 0 aromatic carbocycles. The van der Waals surface area contributed by atoms with Crippen LogP contribution in [-0.2, 0) is 6.54 Å². The molecule has 0 aliphatic carbocycles. The van der Waals surface area contributed by atoms with E-state index in [-0.39, 0.29) is 5.56 Å². The monoisotopic (exact) mass is 333 g/mol. The third-order valence-electron chi connectivity index (χ3n) is 3.04. The summed E-state index contributed by atoms with van der Waals surface area (Å²) in [6.45, 7) is 3.02. The van der Waals surface area contributed by atoms with Gasteiger partial charge in [0.1, 0.15) is 0 Å². The SMILES string of the molecule is O=c1c(I)cncn1CCC1CCCNC1. The molecule has 1 N–H and O–H groups in total. The number of nitrogens with zero attached hydrogens (tertiary/aromatic N) is 2. The Morgan fingerprint density at radius 3 is 3.25 bits per heavy atom. The van der Waals surface area contributed by atoms with Gasteiger partial charge in [0.2, 0.25) is 0 Å². The minimum atomic E-state index is 0.0827. The molecule has 2 rings (SSSR count). The first kappa shape index (κ1) is 12.0. The zero-order valence-corrected chi connectivity index (χ0v) is 11.3. The molecule has 88 valence electrons. The fourth-order valence-corrected chi connectivity index (χ4v) is 2.55. The zero-order valence-electron chi connectivity index (χ0n) is 9.16. The molecule has 16 heavy (non-hydrogen) atoms. The lowest BCUT2D eigenvalue weighted by Crippen LogP contribution is -2.31. The molecule has 5 heteroatoms. The second kappa shape index (κ2) is 5.77.